The number of hydrogen-bond donors (Lipinski definition) is 2. The summed E-state index contributed by atoms with van der Waals surface area (Å²) in [6.07, 6.45) is 0.979. The second kappa shape index (κ2) is 7.27. The summed E-state index contributed by atoms with van der Waals surface area (Å²) < 4.78 is 0. The molecular formula is C16H27N3O. The van der Waals surface area contributed by atoms with Crippen LogP contribution < -0.4 is 10.6 Å². The van der Waals surface area contributed by atoms with Gasteiger partial charge in [0.05, 0.1) is 0 Å². The van der Waals surface area contributed by atoms with E-state index in [0.29, 0.717) is 17.4 Å². The van der Waals surface area contributed by atoms with Crippen LogP contribution in [-0.4, -0.2) is 24.0 Å². The van der Waals surface area contributed by atoms with Gasteiger partial charge in [0.25, 0.3) is 5.91 Å². The molecule has 2 N–H and O–H groups in total. The van der Waals surface area contributed by atoms with Crippen molar-refractivity contribution in [1.82, 2.24) is 10.3 Å². The third-order valence-corrected chi connectivity index (χ3v) is 3.16. The van der Waals surface area contributed by atoms with E-state index in [1.165, 1.54) is 0 Å². The molecular weight excluding hydrogens is 250 g/mol. The van der Waals surface area contributed by atoms with Crippen LogP contribution >= 0.6 is 0 Å². The molecule has 1 aromatic heterocycles. The van der Waals surface area contributed by atoms with Gasteiger partial charge in [-0.05, 0) is 37.3 Å². The highest BCUT2D eigenvalue weighted by molar-refractivity contribution is 5.95. The van der Waals surface area contributed by atoms with Gasteiger partial charge in [0.2, 0.25) is 0 Å². The van der Waals surface area contributed by atoms with E-state index in [4.69, 9.17) is 0 Å². The predicted octanol–water partition coefficient (Wildman–Crippen LogP) is 3.41. The highest BCUT2D eigenvalue weighted by atomic mass is 16.1. The van der Waals surface area contributed by atoms with Crippen LogP contribution in [0.3, 0.4) is 0 Å². The lowest BCUT2D eigenvalue weighted by molar-refractivity contribution is 0.0936. The van der Waals surface area contributed by atoms with E-state index in [0.717, 1.165) is 17.9 Å². The van der Waals surface area contributed by atoms with Gasteiger partial charge in [-0.2, -0.15) is 0 Å². The number of carbonyl (C=O) groups excluding carboxylic acids is 1. The first-order valence-electron chi connectivity index (χ1n) is 7.34. The van der Waals surface area contributed by atoms with Gasteiger partial charge in [0.15, 0.2) is 0 Å². The minimum atomic E-state index is -0.0287. The summed E-state index contributed by atoms with van der Waals surface area (Å²) in [6, 6.07) is 3.85. The van der Waals surface area contributed by atoms with Crippen molar-refractivity contribution in [2.75, 3.05) is 12.4 Å². The Morgan fingerprint density at radius 1 is 1.20 bits per heavy atom. The van der Waals surface area contributed by atoms with E-state index < -0.39 is 0 Å². The number of anilines is 1. The fourth-order valence-electron chi connectivity index (χ4n) is 2.18. The van der Waals surface area contributed by atoms with Gasteiger partial charge in [-0.1, -0.05) is 27.7 Å². The van der Waals surface area contributed by atoms with Crippen molar-refractivity contribution >= 4 is 11.7 Å². The molecule has 0 radical (unpaired) electrons. The molecule has 1 unspecified atom stereocenters. The molecule has 0 aromatic carbocycles. The van der Waals surface area contributed by atoms with Crippen LogP contribution in [0.4, 0.5) is 5.82 Å². The van der Waals surface area contributed by atoms with Crippen LogP contribution in [0.1, 0.15) is 63.0 Å². The van der Waals surface area contributed by atoms with Crippen LogP contribution in [0.5, 0.6) is 0 Å². The van der Waals surface area contributed by atoms with Crippen LogP contribution in [-0.2, 0) is 0 Å². The molecule has 1 rings (SSSR count). The molecule has 4 heteroatoms. The zero-order valence-electron chi connectivity index (χ0n) is 13.4. The van der Waals surface area contributed by atoms with Crippen molar-refractivity contribution in [3.05, 3.63) is 23.4 Å². The molecule has 0 bridgehead atoms. The van der Waals surface area contributed by atoms with Gasteiger partial charge in [0.1, 0.15) is 5.82 Å². The van der Waals surface area contributed by atoms with E-state index in [1.807, 2.05) is 20.0 Å². The Labute approximate surface area is 122 Å². The van der Waals surface area contributed by atoms with Gasteiger partial charge < -0.3 is 10.6 Å². The summed E-state index contributed by atoms with van der Waals surface area (Å²) in [5.41, 5.74) is 1.60. The number of nitrogens with zero attached hydrogens (tertiary/aromatic N) is 1. The number of hydrogen-bond acceptors (Lipinski definition) is 3. The maximum atomic E-state index is 12.3. The van der Waals surface area contributed by atoms with Crippen molar-refractivity contribution in [2.24, 2.45) is 5.92 Å². The fraction of sp³-hybridized carbons (Fsp3) is 0.625. The van der Waals surface area contributed by atoms with Crippen molar-refractivity contribution in [2.45, 2.75) is 53.0 Å². The summed E-state index contributed by atoms with van der Waals surface area (Å²) in [4.78, 5) is 16.8. The number of carbonyl (C=O) groups is 1. The van der Waals surface area contributed by atoms with E-state index >= 15 is 0 Å². The van der Waals surface area contributed by atoms with Crippen LogP contribution in [0.15, 0.2) is 12.1 Å². The number of rotatable bonds is 6. The second-order valence-corrected chi connectivity index (χ2v) is 6.07. The number of aromatic nitrogens is 1. The largest absolute Gasteiger partial charge is 0.373 e. The van der Waals surface area contributed by atoms with E-state index in [-0.39, 0.29) is 11.9 Å². The van der Waals surface area contributed by atoms with Gasteiger partial charge >= 0.3 is 0 Å². The number of pyridine rings is 1. The minimum Gasteiger partial charge on any atom is -0.373 e. The lowest BCUT2D eigenvalue weighted by Gasteiger charge is -2.17. The molecule has 112 valence electrons. The fourth-order valence-corrected chi connectivity index (χ4v) is 2.18. The Bertz CT molecular complexity index is 455. The standard InChI is InChI=1S/C16H27N3O/c1-10(2)7-12(5)18-16(20)13-8-14(11(3)4)19-15(9-13)17-6/h8-12H,7H2,1-6H3,(H,17,19)(H,18,20). The van der Waals surface area contributed by atoms with Crippen molar-refractivity contribution in [3.63, 3.8) is 0 Å². The molecule has 1 aromatic rings. The third kappa shape index (κ3) is 4.83. The van der Waals surface area contributed by atoms with E-state index in [2.05, 4.69) is 43.3 Å². The Hall–Kier alpha value is -1.58. The summed E-state index contributed by atoms with van der Waals surface area (Å²) in [5.74, 6) is 1.57. The van der Waals surface area contributed by atoms with Gasteiger partial charge in [0, 0.05) is 24.3 Å². The van der Waals surface area contributed by atoms with Crippen LogP contribution in [0, 0.1) is 5.92 Å². The van der Waals surface area contributed by atoms with Crippen LogP contribution in [0.25, 0.3) is 0 Å². The maximum absolute atomic E-state index is 12.3. The minimum absolute atomic E-state index is 0.0287. The molecule has 0 fully saturated rings. The molecule has 0 aliphatic rings. The molecule has 0 saturated heterocycles. The highest BCUT2D eigenvalue weighted by Crippen LogP contribution is 2.17. The monoisotopic (exact) mass is 277 g/mol. The summed E-state index contributed by atoms with van der Waals surface area (Å²) in [5, 5.41) is 6.06. The number of nitrogens with one attached hydrogen (secondary N) is 2. The first kappa shape index (κ1) is 16.5. The van der Waals surface area contributed by atoms with Crippen molar-refractivity contribution in [1.29, 1.82) is 0 Å². The molecule has 1 heterocycles. The van der Waals surface area contributed by atoms with Crippen LogP contribution in [0.2, 0.25) is 0 Å². The molecule has 0 aliphatic heterocycles. The summed E-state index contributed by atoms with van der Waals surface area (Å²) in [6.45, 7) is 10.5. The Morgan fingerprint density at radius 3 is 2.35 bits per heavy atom. The molecule has 4 nitrogen and oxygen atoms in total. The SMILES string of the molecule is CNc1cc(C(=O)NC(C)CC(C)C)cc(C(C)C)n1. The van der Waals surface area contributed by atoms with E-state index in [9.17, 15) is 4.79 Å². The second-order valence-electron chi connectivity index (χ2n) is 6.07. The quantitative estimate of drug-likeness (QED) is 0.837. The molecule has 0 aliphatic carbocycles. The van der Waals surface area contributed by atoms with Gasteiger partial charge in [-0.3, -0.25) is 4.79 Å². The molecule has 0 spiro atoms. The van der Waals surface area contributed by atoms with Gasteiger partial charge in [-0.15, -0.1) is 0 Å². The Balaban J connectivity index is 2.89. The van der Waals surface area contributed by atoms with Crippen molar-refractivity contribution in [3.8, 4) is 0 Å². The third-order valence-electron chi connectivity index (χ3n) is 3.16. The smallest absolute Gasteiger partial charge is 0.251 e. The maximum Gasteiger partial charge on any atom is 0.251 e. The lowest BCUT2D eigenvalue weighted by atomic mass is 10.0. The summed E-state index contributed by atoms with van der Waals surface area (Å²) in [7, 11) is 1.81. The zero-order valence-corrected chi connectivity index (χ0v) is 13.4. The first-order valence-corrected chi connectivity index (χ1v) is 7.34. The Morgan fingerprint density at radius 2 is 1.85 bits per heavy atom. The average Bonchev–Trinajstić information content (AvgIpc) is 2.36. The molecule has 20 heavy (non-hydrogen) atoms. The lowest BCUT2D eigenvalue weighted by Crippen LogP contribution is -2.33. The topological polar surface area (TPSA) is 54.0 Å². The predicted molar refractivity (Wildman–Crippen MR) is 84.3 cm³/mol. The molecule has 0 saturated carbocycles. The molecule has 1 atom stereocenters. The zero-order chi connectivity index (χ0) is 15.3. The molecule has 1 amide bonds. The summed E-state index contributed by atoms with van der Waals surface area (Å²) >= 11 is 0. The van der Waals surface area contributed by atoms with E-state index in [1.54, 1.807) is 6.07 Å². The number of amides is 1. The first-order chi connectivity index (χ1) is 9.33. The average molecular weight is 277 g/mol. The Kier molecular flexibility index (Phi) is 5.99. The van der Waals surface area contributed by atoms with Crippen molar-refractivity contribution < 1.29 is 4.79 Å². The highest BCUT2D eigenvalue weighted by Gasteiger charge is 2.14. The van der Waals surface area contributed by atoms with Gasteiger partial charge in [-0.25, -0.2) is 4.98 Å². The normalized spacial score (nSPS) is 12.6.